The van der Waals surface area contributed by atoms with E-state index < -0.39 is 12.1 Å². The minimum Gasteiger partial charge on any atom is -0.353 e. The summed E-state index contributed by atoms with van der Waals surface area (Å²) in [6, 6.07) is 13.7. The van der Waals surface area contributed by atoms with Crippen LogP contribution in [0, 0.1) is 6.92 Å². The topological polar surface area (TPSA) is 58.2 Å². The number of nitrogens with one attached hydrogen (secondary N) is 2. The summed E-state index contributed by atoms with van der Waals surface area (Å²) >= 11 is 15.5. The number of hydrogen-bond donors (Lipinski definition) is 2. The molecule has 0 saturated carbocycles. The summed E-state index contributed by atoms with van der Waals surface area (Å²) in [5, 5.41) is 5.39. The summed E-state index contributed by atoms with van der Waals surface area (Å²) in [4.78, 5) is 24.2. The standard InChI is InChI=1S/C22H14BrCl2F3N2O2/c1-11-8-14(24)4-5-15(11)20(31)12-2-6-17(16(25)9-12)29-19-10-13(23)3-7-18(19)30-21(32)22(26,27)28/h2-10,29H,1H3,(H,30,32). The molecule has 0 saturated heterocycles. The van der Waals surface area contributed by atoms with Gasteiger partial charge in [0.15, 0.2) is 5.78 Å². The molecular weight excluding hydrogens is 532 g/mol. The Kier molecular flexibility index (Phi) is 7.17. The van der Waals surface area contributed by atoms with Gasteiger partial charge in [0, 0.05) is 20.6 Å². The molecule has 0 aliphatic carbocycles. The Morgan fingerprint density at radius 3 is 2.22 bits per heavy atom. The van der Waals surface area contributed by atoms with Gasteiger partial charge < -0.3 is 10.6 Å². The molecule has 0 bridgehead atoms. The van der Waals surface area contributed by atoms with Crippen LogP contribution in [0.5, 0.6) is 0 Å². The maximum atomic E-state index is 12.8. The Morgan fingerprint density at radius 1 is 0.906 bits per heavy atom. The average molecular weight is 546 g/mol. The molecular formula is C22H14BrCl2F3N2O2. The van der Waals surface area contributed by atoms with Crippen molar-refractivity contribution < 1.29 is 22.8 Å². The molecule has 3 aromatic rings. The van der Waals surface area contributed by atoms with E-state index in [-0.39, 0.29) is 22.2 Å². The highest BCUT2D eigenvalue weighted by Gasteiger charge is 2.39. The largest absolute Gasteiger partial charge is 0.471 e. The molecule has 0 unspecified atom stereocenters. The number of halogens is 6. The van der Waals surface area contributed by atoms with E-state index in [2.05, 4.69) is 21.2 Å². The van der Waals surface area contributed by atoms with Crippen molar-refractivity contribution in [2.24, 2.45) is 0 Å². The number of hydrogen-bond acceptors (Lipinski definition) is 3. The number of alkyl halides is 3. The second-order valence-corrected chi connectivity index (χ2v) is 8.51. The zero-order valence-corrected chi connectivity index (χ0v) is 19.4. The highest BCUT2D eigenvalue weighted by Crippen LogP contribution is 2.34. The van der Waals surface area contributed by atoms with E-state index >= 15 is 0 Å². The molecule has 3 aromatic carbocycles. The average Bonchev–Trinajstić information content (AvgIpc) is 2.70. The number of anilines is 3. The molecule has 0 fully saturated rings. The molecule has 10 heteroatoms. The smallest absolute Gasteiger partial charge is 0.353 e. The van der Waals surface area contributed by atoms with Crippen LogP contribution in [0.25, 0.3) is 0 Å². The highest BCUT2D eigenvalue weighted by atomic mass is 79.9. The summed E-state index contributed by atoms with van der Waals surface area (Å²) in [5.74, 6) is -2.36. The molecule has 1 amide bonds. The molecule has 2 N–H and O–H groups in total. The molecule has 0 spiro atoms. The van der Waals surface area contributed by atoms with Crippen LogP contribution in [-0.2, 0) is 4.79 Å². The first-order valence-corrected chi connectivity index (χ1v) is 10.6. The Hall–Kier alpha value is -2.55. The highest BCUT2D eigenvalue weighted by molar-refractivity contribution is 9.10. The summed E-state index contributed by atoms with van der Waals surface area (Å²) in [7, 11) is 0. The fourth-order valence-electron chi connectivity index (χ4n) is 2.86. The van der Waals surface area contributed by atoms with Gasteiger partial charge in [-0.3, -0.25) is 9.59 Å². The molecule has 0 aliphatic heterocycles. The van der Waals surface area contributed by atoms with Crippen LogP contribution in [0.4, 0.5) is 30.2 Å². The van der Waals surface area contributed by atoms with Crippen molar-refractivity contribution in [3.05, 3.63) is 85.8 Å². The first kappa shape index (κ1) is 24.1. The minimum atomic E-state index is -5.04. The Bertz CT molecular complexity index is 1220. The van der Waals surface area contributed by atoms with Crippen molar-refractivity contribution >= 4 is 67.9 Å². The van der Waals surface area contributed by atoms with Gasteiger partial charge in [-0.2, -0.15) is 13.2 Å². The summed E-state index contributed by atoms with van der Waals surface area (Å²) in [6.07, 6.45) is -5.04. The van der Waals surface area contributed by atoms with Gasteiger partial charge in [-0.05, 0) is 67.1 Å². The number of carbonyl (C=O) groups is 2. The normalized spacial score (nSPS) is 11.2. The fourth-order valence-corrected chi connectivity index (χ4v) is 3.68. The number of aryl methyl sites for hydroxylation is 1. The van der Waals surface area contributed by atoms with Gasteiger partial charge >= 0.3 is 12.1 Å². The third-order valence-electron chi connectivity index (χ3n) is 4.42. The van der Waals surface area contributed by atoms with Crippen LogP contribution in [0.1, 0.15) is 21.5 Å². The number of amides is 1. The number of rotatable bonds is 5. The maximum absolute atomic E-state index is 12.8. The van der Waals surface area contributed by atoms with Crippen LogP contribution < -0.4 is 10.6 Å². The van der Waals surface area contributed by atoms with E-state index in [1.54, 1.807) is 25.1 Å². The molecule has 0 aliphatic rings. The number of benzene rings is 3. The summed E-state index contributed by atoms with van der Waals surface area (Å²) in [6.45, 7) is 1.76. The van der Waals surface area contributed by atoms with E-state index in [1.807, 2.05) is 5.32 Å². The van der Waals surface area contributed by atoms with Gasteiger partial charge in [-0.1, -0.05) is 39.1 Å². The lowest BCUT2D eigenvalue weighted by molar-refractivity contribution is -0.167. The van der Waals surface area contributed by atoms with Crippen LogP contribution in [0.15, 0.2) is 59.1 Å². The van der Waals surface area contributed by atoms with Crippen molar-refractivity contribution in [3.63, 3.8) is 0 Å². The molecule has 0 heterocycles. The SMILES string of the molecule is Cc1cc(Cl)ccc1C(=O)c1ccc(Nc2cc(Br)ccc2NC(=O)C(F)(F)F)c(Cl)c1. The third-order valence-corrected chi connectivity index (χ3v) is 5.46. The quantitative estimate of drug-likeness (QED) is 0.325. The lowest BCUT2D eigenvalue weighted by Crippen LogP contribution is -2.30. The van der Waals surface area contributed by atoms with E-state index in [1.165, 1.54) is 36.4 Å². The first-order chi connectivity index (χ1) is 15.0. The van der Waals surface area contributed by atoms with Gasteiger partial charge in [-0.25, -0.2) is 0 Å². The summed E-state index contributed by atoms with van der Waals surface area (Å²) < 4.78 is 38.5. The van der Waals surface area contributed by atoms with E-state index in [0.717, 1.165) is 0 Å². The van der Waals surface area contributed by atoms with Crippen molar-refractivity contribution in [2.75, 3.05) is 10.6 Å². The monoisotopic (exact) mass is 544 g/mol. The first-order valence-electron chi connectivity index (χ1n) is 9.01. The maximum Gasteiger partial charge on any atom is 0.471 e. The molecule has 166 valence electrons. The lowest BCUT2D eigenvalue weighted by Gasteiger charge is -2.16. The zero-order valence-electron chi connectivity index (χ0n) is 16.3. The van der Waals surface area contributed by atoms with Gasteiger partial charge in [0.05, 0.1) is 22.1 Å². The number of ketones is 1. The van der Waals surface area contributed by atoms with Crippen LogP contribution >= 0.6 is 39.1 Å². The predicted octanol–water partition coefficient (Wildman–Crippen LogP) is 7.54. The molecule has 0 radical (unpaired) electrons. The van der Waals surface area contributed by atoms with Crippen molar-refractivity contribution in [1.82, 2.24) is 0 Å². The van der Waals surface area contributed by atoms with Crippen LogP contribution in [0.2, 0.25) is 10.0 Å². The van der Waals surface area contributed by atoms with Gasteiger partial charge in [-0.15, -0.1) is 0 Å². The third kappa shape index (κ3) is 5.62. The minimum absolute atomic E-state index is 0.0940. The van der Waals surface area contributed by atoms with Crippen molar-refractivity contribution in [1.29, 1.82) is 0 Å². The second-order valence-electron chi connectivity index (χ2n) is 6.75. The fraction of sp³-hybridized carbons (Fsp3) is 0.0909. The zero-order chi connectivity index (χ0) is 23.6. The molecule has 4 nitrogen and oxygen atoms in total. The van der Waals surface area contributed by atoms with E-state index in [0.29, 0.717) is 31.9 Å². The predicted molar refractivity (Wildman–Crippen MR) is 123 cm³/mol. The van der Waals surface area contributed by atoms with E-state index in [4.69, 9.17) is 23.2 Å². The van der Waals surface area contributed by atoms with E-state index in [9.17, 15) is 22.8 Å². The Labute approximate surface area is 199 Å². The van der Waals surface area contributed by atoms with Crippen molar-refractivity contribution in [2.45, 2.75) is 13.1 Å². The van der Waals surface area contributed by atoms with Crippen molar-refractivity contribution in [3.8, 4) is 0 Å². The number of carbonyl (C=O) groups excluding carboxylic acids is 2. The van der Waals surface area contributed by atoms with Crippen LogP contribution in [0.3, 0.4) is 0 Å². The molecule has 0 aromatic heterocycles. The molecule has 32 heavy (non-hydrogen) atoms. The van der Waals surface area contributed by atoms with Gasteiger partial charge in [0.25, 0.3) is 0 Å². The Morgan fingerprint density at radius 2 is 1.59 bits per heavy atom. The van der Waals surface area contributed by atoms with Gasteiger partial charge in [0.2, 0.25) is 0 Å². The lowest BCUT2D eigenvalue weighted by atomic mass is 9.99. The van der Waals surface area contributed by atoms with Crippen LogP contribution in [-0.4, -0.2) is 17.9 Å². The molecule has 0 atom stereocenters. The second kappa shape index (κ2) is 9.52. The Balaban J connectivity index is 1.89. The van der Waals surface area contributed by atoms with Gasteiger partial charge in [0.1, 0.15) is 0 Å². The molecule has 3 rings (SSSR count). The summed E-state index contributed by atoms with van der Waals surface area (Å²) in [5.41, 5.74) is 1.91.